The van der Waals surface area contributed by atoms with E-state index in [1.54, 1.807) is 6.07 Å². The highest BCUT2D eigenvalue weighted by Crippen LogP contribution is 2.28. The Bertz CT molecular complexity index is 359. The topological polar surface area (TPSA) is 38.5 Å². The highest BCUT2D eigenvalue weighted by atomic mass is 19.1. The zero-order valence-corrected chi connectivity index (χ0v) is 10.2. The van der Waals surface area contributed by atoms with E-state index in [9.17, 15) is 4.39 Å². The summed E-state index contributed by atoms with van der Waals surface area (Å²) in [6.07, 6.45) is 2.60. The molecule has 17 heavy (non-hydrogen) atoms. The van der Waals surface area contributed by atoms with E-state index in [0.29, 0.717) is 12.3 Å². The normalized spacial score (nSPS) is 14.9. The molecule has 0 bridgehead atoms. The summed E-state index contributed by atoms with van der Waals surface area (Å²) in [4.78, 5) is 1.95. The first-order chi connectivity index (χ1) is 8.15. The van der Waals surface area contributed by atoms with Crippen molar-refractivity contribution in [1.29, 1.82) is 0 Å². The monoisotopic (exact) mass is 238 g/mol. The molecule has 0 atom stereocenters. The lowest BCUT2D eigenvalue weighted by molar-refractivity contribution is 0.131. The molecule has 0 aliphatic heterocycles. The number of nitrogen functional groups attached to an aromatic ring is 1. The molecule has 4 heteroatoms. The number of hydrogen-bond acceptors (Lipinski definition) is 3. The fraction of sp³-hybridized carbons (Fsp3) is 0.538. The maximum absolute atomic E-state index is 13.2. The Hall–Kier alpha value is -1.29. The van der Waals surface area contributed by atoms with E-state index in [1.807, 2.05) is 11.9 Å². The van der Waals surface area contributed by atoms with Crippen molar-refractivity contribution in [2.75, 3.05) is 37.4 Å². The number of ether oxygens (including phenoxy) is 1. The van der Waals surface area contributed by atoms with Gasteiger partial charge in [-0.25, -0.2) is 4.39 Å². The van der Waals surface area contributed by atoms with Crippen LogP contribution >= 0.6 is 0 Å². The molecular formula is C13H19FN2O. The van der Waals surface area contributed by atoms with Crippen molar-refractivity contribution in [2.45, 2.75) is 12.8 Å². The summed E-state index contributed by atoms with van der Waals surface area (Å²) in [6, 6.07) is 4.57. The molecule has 0 saturated heterocycles. The summed E-state index contributed by atoms with van der Waals surface area (Å²) < 4.78 is 18.7. The maximum Gasteiger partial charge on any atom is 0.127 e. The highest BCUT2D eigenvalue weighted by Gasteiger charge is 2.20. The number of likely N-dealkylation sites (N-methyl/N-ethyl adjacent to an activating group) is 1. The van der Waals surface area contributed by atoms with Crippen LogP contribution in [0.25, 0.3) is 0 Å². The van der Waals surface area contributed by atoms with Gasteiger partial charge in [0.15, 0.2) is 0 Å². The van der Waals surface area contributed by atoms with Gasteiger partial charge in [-0.1, -0.05) is 0 Å². The molecule has 2 rings (SSSR count). The quantitative estimate of drug-likeness (QED) is 0.610. The van der Waals surface area contributed by atoms with Gasteiger partial charge in [0.25, 0.3) is 0 Å². The second kappa shape index (κ2) is 5.36. The Kier molecular flexibility index (Phi) is 3.84. The van der Waals surface area contributed by atoms with Crippen LogP contribution in [0.2, 0.25) is 0 Å². The number of nitrogens with two attached hydrogens (primary N) is 1. The lowest BCUT2D eigenvalue weighted by atomic mass is 10.2. The van der Waals surface area contributed by atoms with Crippen molar-refractivity contribution in [3.63, 3.8) is 0 Å². The lowest BCUT2D eigenvalue weighted by Crippen LogP contribution is -2.23. The van der Waals surface area contributed by atoms with E-state index in [2.05, 4.69) is 0 Å². The van der Waals surface area contributed by atoms with E-state index in [-0.39, 0.29) is 5.82 Å². The van der Waals surface area contributed by atoms with Gasteiger partial charge in [-0.15, -0.1) is 0 Å². The predicted molar refractivity (Wildman–Crippen MR) is 67.6 cm³/mol. The molecule has 1 aliphatic carbocycles. The molecular weight excluding hydrogens is 219 g/mol. The molecule has 1 aromatic rings. The standard InChI is InChI=1S/C13H19FN2O/c1-16(4-5-17-9-10-2-3-10)13-7-11(14)6-12(15)8-13/h6-8,10H,2-5,9,15H2,1H3. The number of benzene rings is 1. The number of halogens is 1. The van der Waals surface area contributed by atoms with Crippen molar-refractivity contribution < 1.29 is 9.13 Å². The number of nitrogens with zero attached hydrogens (tertiary/aromatic N) is 1. The SMILES string of the molecule is CN(CCOCC1CC1)c1cc(N)cc(F)c1. The molecule has 0 heterocycles. The first kappa shape index (κ1) is 12.2. The zero-order valence-electron chi connectivity index (χ0n) is 10.2. The summed E-state index contributed by atoms with van der Waals surface area (Å²) in [6.45, 7) is 2.28. The van der Waals surface area contributed by atoms with Crippen LogP contribution < -0.4 is 10.6 Å². The van der Waals surface area contributed by atoms with Gasteiger partial charge < -0.3 is 15.4 Å². The summed E-state index contributed by atoms with van der Waals surface area (Å²) >= 11 is 0. The van der Waals surface area contributed by atoms with Gasteiger partial charge in [0.1, 0.15) is 5.82 Å². The van der Waals surface area contributed by atoms with E-state index in [1.165, 1.54) is 25.0 Å². The van der Waals surface area contributed by atoms with Crippen LogP contribution in [0.3, 0.4) is 0 Å². The van der Waals surface area contributed by atoms with Gasteiger partial charge in [0.2, 0.25) is 0 Å². The Labute approximate surface area is 101 Å². The average molecular weight is 238 g/mol. The fourth-order valence-corrected chi connectivity index (χ4v) is 1.68. The Morgan fingerprint density at radius 1 is 1.41 bits per heavy atom. The molecule has 1 fully saturated rings. The van der Waals surface area contributed by atoms with Crippen molar-refractivity contribution in [3.05, 3.63) is 24.0 Å². The first-order valence-corrected chi connectivity index (χ1v) is 6.00. The largest absolute Gasteiger partial charge is 0.399 e. The van der Waals surface area contributed by atoms with Crippen molar-refractivity contribution >= 4 is 11.4 Å². The Balaban J connectivity index is 1.78. The molecule has 2 N–H and O–H groups in total. The van der Waals surface area contributed by atoms with Gasteiger partial charge in [0.05, 0.1) is 6.61 Å². The highest BCUT2D eigenvalue weighted by molar-refractivity contribution is 5.55. The minimum atomic E-state index is -0.300. The van der Waals surface area contributed by atoms with E-state index in [4.69, 9.17) is 10.5 Å². The van der Waals surface area contributed by atoms with Crippen LogP contribution in [0, 0.1) is 11.7 Å². The summed E-state index contributed by atoms with van der Waals surface area (Å²) in [5.41, 5.74) is 6.84. The second-order valence-electron chi connectivity index (χ2n) is 4.68. The molecule has 1 saturated carbocycles. The molecule has 1 aromatic carbocycles. The van der Waals surface area contributed by atoms with Crippen LogP contribution in [0.4, 0.5) is 15.8 Å². The van der Waals surface area contributed by atoms with Crippen molar-refractivity contribution in [3.8, 4) is 0 Å². The zero-order chi connectivity index (χ0) is 12.3. The lowest BCUT2D eigenvalue weighted by Gasteiger charge is -2.19. The van der Waals surface area contributed by atoms with Gasteiger partial charge >= 0.3 is 0 Å². The van der Waals surface area contributed by atoms with E-state index in [0.717, 1.165) is 24.8 Å². The third kappa shape index (κ3) is 3.89. The van der Waals surface area contributed by atoms with Gasteiger partial charge in [-0.2, -0.15) is 0 Å². The van der Waals surface area contributed by atoms with E-state index >= 15 is 0 Å². The summed E-state index contributed by atoms with van der Waals surface area (Å²) in [7, 11) is 1.91. The molecule has 0 radical (unpaired) electrons. The Morgan fingerprint density at radius 2 is 2.18 bits per heavy atom. The minimum absolute atomic E-state index is 0.300. The van der Waals surface area contributed by atoms with Crippen LogP contribution in [0.15, 0.2) is 18.2 Å². The predicted octanol–water partition coefficient (Wildman–Crippen LogP) is 2.27. The van der Waals surface area contributed by atoms with Crippen LogP contribution in [0.1, 0.15) is 12.8 Å². The second-order valence-corrected chi connectivity index (χ2v) is 4.68. The third-order valence-corrected chi connectivity index (χ3v) is 2.97. The van der Waals surface area contributed by atoms with Gasteiger partial charge in [-0.3, -0.25) is 0 Å². The average Bonchev–Trinajstić information content (AvgIpc) is 3.06. The molecule has 0 aromatic heterocycles. The van der Waals surface area contributed by atoms with Crippen LogP contribution in [0.5, 0.6) is 0 Å². The Morgan fingerprint density at radius 3 is 2.82 bits per heavy atom. The molecule has 0 unspecified atom stereocenters. The maximum atomic E-state index is 13.2. The molecule has 3 nitrogen and oxygen atoms in total. The fourth-order valence-electron chi connectivity index (χ4n) is 1.68. The van der Waals surface area contributed by atoms with Gasteiger partial charge in [0, 0.05) is 31.6 Å². The summed E-state index contributed by atoms with van der Waals surface area (Å²) in [5.74, 6) is 0.482. The number of rotatable bonds is 6. The van der Waals surface area contributed by atoms with Crippen molar-refractivity contribution in [2.24, 2.45) is 5.92 Å². The first-order valence-electron chi connectivity index (χ1n) is 6.00. The van der Waals surface area contributed by atoms with Crippen LogP contribution in [-0.4, -0.2) is 26.8 Å². The molecule has 94 valence electrons. The molecule has 1 aliphatic rings. The van der Waals surface area contributed by atoms with Gasteiger partial charge in [-0.05, 0) is 37.0 Å². The third-order valence-electron chi connectivity index (χ3n) is 2.97. The van der Waals surface area contributed by atoms with Crippen LogP contribution in [-0.2, 0) is 4.74 Å². The smallest absolute Gasteiger partial charge is 0.127 e. The number of anilines is 2. The minimum Gasteiger partial charge on any atom is -0.399 e. The van der Waals surface area contributed by atoms with Crippen molar-refractivity contribution in [1.82, 2.24) is 0 Å². The molecule has 0 spiro atoms. The van der Waals surface area contributed by atoms with E-state index < -0.39 is 0 Å². The number of hydrogen-bond donors (Lipinski definition) is 1. The molecule has 0 amide bonds. The summed E-state index contributed by atoms with van der Waals surface area (Å²) in [5, 5.41) is 0.